The first-order valence-corrected chi connectivity index (χ1v) is 9.73. The van der Waals surface area contributed by atoms with Crippen LogP contribution in [0, 0.1) is 0 Å². The van der Waals surface area contributed by atoms with Crippen molar-refractivity contribution in [3.63, 3.8) is 0 Å². The number of hydrogen-bond acceptors (Lipinski definition) is 3. The number of aliphatic imine (C=N–C) groups is 1. The Labute approximate surface area is 156 Å². The number of guanidine groups is 1. The molecule has 5 nitrogen and oxygen atoms in total. The van der Waals surface area contributed by atoms with Gasteiger partial charge in [0.25, 0.3) is 0 Å². The first kappa shape index (κ1) is 20.0. The van der Waals surface area contributed by atoms with Gasteiger partial charge < -0.3 is 15.4 Å². The lowest BCUT2D eigenvalue weighted by Crippen LogP contribution is -2.38. The zero-order valence-corrected chi connectivity index (χ0v) is 16.0. The second-order valence-corrected chi connectivity index (χ2v) is 6.60. The fourth-order valence-electron chi connectivity index (χ4n) is 2.82. The molecule has 1 heterocycles. The molecule has 2 rings (SSSR count). The molecule has 1 fully saturated rings. The van der Waals surface area contributed by atoms with Crippen molar-refractivity contribution >= 4 is 17.6 Å². The van der Waals surface area contributed by atoms with E-state index >= 15 is 0 Å². The summed E-state index contributed by atoms with van der Waals surface area (Å²) in [6.45, 7) is 9.65. The Bertz CT molecular complexity index is 518. The highest BCUT2D eigenvalue weighted by Crippen LogP contribution is 2.14. The average Bonchev–Trinajstić information content (AvgIpc) is 2.64. The van der Waals surface area contributed by atoms with E-state index in [0.29, 0.717) is 0 Å². The smallest absolute Gasteiger partial charge is 0.191 e. The molecule has 0 aliphatic carbocycles. The van der Waals surface area contributed by atoms with E-state index in [0.717, 1.165) is 81.9 Å². The lowest BCUT2D eigenvalue weighted by atomic mass is 10.1. The molecular weight excluding hydrogens is 336 g/mol. The average molecular weight is 367 g/mol. The van der Waals surface area contributed by atoms with E-state index in [9.17, 15) is 0 Å². The van der Waals surface area contributed by atoms with Crippen LogP contribution in [-0.2, 0) is 11.2 Å². The summed E-state index contributed by atoms with van der Waals surface area (Å²) in [7, 11) is 0. The van der Waals surface area contributed by atoms with Crippen molar-refractivity contribution in [2.24, 2.45) is 4.99 Å². The van der Waals surface area contributed by atoms with E-state index in [1.54, 1.807) is 0 Å². The number of hydrogen-bond donors (Lipinski definition) is 2. The Balaban J connectivity index is 1.64. The number of unbranched alkanes of at least 4 members (excludes halogenated alkanes) is 1. The molecule has 25 heavy (non-hydrogen) atoms. The maximum absolute atomic E-state index is 6.20. The SMILES string of the molecule is CCNC(=NCCCCN1CCOCC1)NCCc1ccccc1Cl. The molecule has 1 aliphatic heterocycles. The largest absolute Gasteiger partial charge is 0.379 e. The third kappa shape index (κ3) is 8.08. The van der Waals surface area contributed by atoms with E-state index in [4.69, 9.17) is 16.3 Å². The van der Waals surface area contributed by atoms with Gasteiger partial charge in [0.05, 0.1) is 13.2 Å². The van der Waals surface area contributed by atoms with E-state index in [1.165, 1.54) is 6.42 Å². The molecule has 1 aromatic carbocycles. The van der Waals surface area contributed by atoms with Crippen molar-refractivity contribution in [3.8, 4) is 0 Å². The molecule has 1 aliphatic rings. The minimum Gasteiger partial charge on any atom is -0.379 e. The van der Waals surface area contributed by atoms with Crippen LogP contribution in [0.2, 0.25) is 5.02 Å². The van der Waals surface area contributed by atoms with E-state index in [-0.39, 0.29) is 0 Å². The highest BCUT2D eigenvalue weighted by atomic mass is 35.5. The van der Waals surface area contributed by atoms with Crippen LogP contribution in [0.3, 0.4) is 0 Å². The Morgan fingerprint density at radius 3 is 2.76 bits per heavy atom. The van der Waals surface area contributed by atoms with Crippen LogP contribution in [0.1, 0.15) is 25.3 Å². The minimum atomic E-state index is 0.823. The topological polar surface area (TPSA) is 48.9 Å². The third-order valence-electron chi connectivity index (χ3n) is 4.24. The van der Waals surface area contributed by atoms with Gasteiger partial charge >= 0.3 is 0 Å². The van der Waals surface area contributed by atoms with Crippen molar-refractivity contribution in [3.05, 3.63) is 34.9 Å². The molecule has 0 amide bonds. The normalized spacial score (nSPS) is 16.0. The summed E-state index contributed by atoms with van der Waals surface area (Å²) in [4.78, 5) is 7.14. The fraction of sp³-hybridized carbons (Fsp3) is 0.632. The number of rotatable bonds is 9. The molecule has 140 valence electrons. The molecular formula is C19H31ClN4O. The van der Waals surface area contributed by atoms with Crippen LogP contribution in [0.5, 0.6) is 0 Å². The number of nitrogens with one attached hydrogen (secondary N) is 2. The summed E-state index contributed by atoms with van der Waals surface area (Å²) in [5, 5.41) is 7.52. The van der Waals surface area contributed by atoms with Crippen LogP contribution >= 0.6 is 11.6 Å². The van der Waals surface area contributed by atoms with Crippen molar-refractivity contribution in [2.75, 3.05) is 52.5 Å². The second kappa shape index (κ2) is 12.1. The molecule has 1 aromatic rings. The molecule has 0 aromatic heterocycles. The molecule has 0 saturated carbocycles. The maximum atomic E-state index is 6.20. The number of halogens is 1. The molecule has 1 saturated heterocycles. The number of morpholine rings is 1. The van der Waals surface area contributed by atoms with Crippen molar-refractivity contribution < 1.29 is 4.74 Å². The first-order valence-electron chi connectivity index (χ1n) is 9.35. The van der Waals surface area contributed by atoms with Gasteiger partial charge in [-0.1, -0.05) is 29.8 Å². The van der Waals surface area contributed by atoms with E-state index in [2.05, 4.69) is 33.5 Å². The number of benzene rings is 1. The third-order valence-corrected chi connectivity index (χ3v) is 4.61. The fourth-order valence-corrected chi connectivity index (χ4v) is 3.05. The van der Waals surface area contributed by atoms with Gasteiger partial charge in [0, 0.05) is 37.7 Å². The molecule has 6 heteroatoms. The van der Waals surface area contributed by atoms with Crippen LogP contribution in [0.4, 0.5) is 0 Å². The Morgan fingerprint density at radius 1 is 1.20 bits per heavy atom. The standard InChI is InChI=1S/C19H31ClN4O/c1-2-21-19(23-11-9-17-7-3-4-8-18(17)20)22-10-5-6-12-24-13-15-25-16-14-24/h3-4,7-8H,2,5-6,9-16H2,1H3,(H2,21,22,23). The van der Waals surface area contributed by atoms with Gasteiger partial charge in [-0.2, -0.15) is 0 Å². The van der Waals surface area contributed by atoms with Crippen LogP contribution in [-0.4, -0.2) is 63.3 Å². The van der Waals surface area contributed by atoms with E-state index < -0.39 is 0 Å². The Morgan fingerprint density at radius 2 is 2.00 bits per heavy atom. The molecule has 0 radical (unpaired) electrons. The Hall–Kier alpha value is -1.30. The number of nitrogens with zero attached hydrogens (tertiary/aromatic N) is 2. The quantitative estimate of drug-likeness (QED) is 0.400. The molecule has 0 atom stereocenters. The summed E-state index contributed by atoms with van der Waals surface area (Å²) in [5.41, 5.74) is 1.16. The molecule has 0 spiro atoms. The number of ether oxygens (including phenoxy) is 1. The lowest BCUT2D eigenvalue weighted by molar-refractivity contribution is 0.0373. The predicted octanol–water partition coefficient (Wildman–Crippen LogP) is 2.55. The molecule has 0 unspecified atom stereocenters. The van der Waals surface area contributed by atoms with Crippen LogP contribution in [0.15, 0.2) is 29.3 Å². The lowest BCUT2D eigenvalue weighted by Gasteiger charge is -2.26. The van der Waals surface area contributed by atoms with Gasteiger partial charge in [-0.05, 0) is 44.4 Å². The molecule has 2 N–H and O–H groups in total. The highest BCUT2D eigenvalue weighted by molar-refractivity contribution is 6.31. The first-order chi connectivity index (χ1) is 12.3. The van der Waals surface area contributed by atoms with Gasteiger partial charge in [0.2, 0.25) is 0 Å². The summed E-state index contributed by atoms with van der Waals surface area (Å²) < 4.78 is 5.37. The second-order valence-electron chi connectivity index (χ2n) is 6.19. The minimum absolute atomic E-state index is 0.823. The summed E-state index contributed by atoms with van der Waals surface area (Å²) in [6, 6.07) is 7.99. The zero-order chi connectivity index (χ0) is 17.7. The van der Waals surface area contributed by atoms with Crippen LogP contribution < -0.4 is 10.6 Å². The summed E-state index contributed by atoms with van der Waals surface area (Å²) in [6.07, 6.45) is 3.18. The van der Waals surface area contributed by atoms with Gasteiger partial charge in [-0.15, -0.1) is 0 Å². The summed E-state index contributed by atoms with van der Waals surface area (Å²) in [5.74, 6) is 0.890. The summed E-state index contributed by atoms with van der Waals surface area (Å²) >= 11 is 6.20. The van der Waals surface area contributed by atoms with Gasteiger partial charge in [0.15, 0.2) is 5.96 Å². The molecule has 0 bridgehead atoms. The van der Waals surface area contributed by atoms with Crippen molar-refractivity contribution in [1.29, 1.82) is 0 Å². The zero-order valence-electron chi connectivity index (χ0n) is 15.3. The highest BCUT2D eigenvalue weighted by Gasteiger charge is 2.08. The monoisotopic (exact) mass is 366 g/mol. The van der Waals surface area contributed by atoms with Crippen molar-refractivity contribution in [1.82, 2.24) is 15.5 Å². The Kier molecular flexibility index (Phi) is 9.70. The van der Waals surface area contributed by atoms with Crippen molar-refractivity contribution in [2.45, 2.75) is 26.2 Å². The van der Waals surface area contributed by atoms with Gasteiger partial charge in [0.1, 0.15) is 0 Å². The van der Waals surface area contributed by atoms with Gasteiger partial charge in [-0.25, -0.2) is 0 Å². The van der Waals surface area contributed by atoms with Gasteiger partial charge in [-0.3, -0.25) is 9.89 Å². The van der Waals surface area contributed by atoms with E-state index in [1.807, 2.05) is 18.2 Å². The van der Waals surface area contributed by atoms with Crippen LogP contribution in [0.25, 0.3) is 0 Å². The predicted molar refractivity (Wildman–Crippen MR) is 106 cm³/mol. The maximum Gasteiger partial charge on any atom is 0.191 e.